The summed E-state index contributed by atoms with van der Waals surface area (Å²) in [6, 6.07) is 9.48. The van der Waals surface area contributed by atoms with E-state index < -0.39 is 0 Å². The Balaban J connectivity index is 2.61. The van der Waals surface area contributed by atoms with Crippen molar-refractivity contribution >= 4 is 0 Å². The Kier molecular flexibility index (Phi) is 8.56. The van der Waals surface area contributed by atoms with Gasteiger partial charge in [0, 0.05) is 6.04 Å². The lowest BCUT2D eigenvalue weighted by Gasteiger charge is -2.24. The summed E-state index contributed by atoms with van der Waals surface area (Å²) < 4.78 is 0. The van der Waals surface area contributed by atoms with Gasteiger partial charge in [0.25, 0.3) is 0 Å². The van der Waals surface area contributed by atoms with E-state index in [4.69, 9.17) is 0 Å². The Labute approximate surface area is 125 Å². The highest BCUT2D eigenvalue weighted by molar-refractivity contribution is 5.24. The van der Waals surface area contributed by atoms with Crippen LogP contribution in [-0.4, -0.2) is 31.1 Å². The Bertz CT molecular complexity index is 345. The van der Waals surface area contributed by atoms with Crippen LogP contribution in [0, 0.1) is 6.92 Å². The van der Waals surface area contributed by atoms with Gasteiger partial charge in [-0.15, -0.1) is 0 Å². The van der Waals surface area contributed by atoms with E-state index in [9.17, 15) is 0 Å². The first-order valence-electron chi connectivity index (χ1n) is 8.23. The van der Waals surface area contributed by atoms with Gasteiger partial charge in [-0.05, 0) is 57.9 Å². The van der Waals surface area contributed by atoms with E-state index in [1.807, 2.05) is 0 Å². The molecule has 1 atom stereocenters. The molecule has 2 nitrogen and oxygen atoms in total. The van der Waals surface area contributed by atoms with E-state index in [2.05, 4.69) is 62.2 Å². The number of rotatable bonds is 10. The van der Waals surface area contributed by atoms with E-state index >= 15 is 0 Å². The Hall–Kier alpha value is -0.860. The van der Waals surface area contributed by atoms with Crippen molar-refractivity contribution in [3.63, 3.8) is 0 Å². The molecular weight excluding hydrogens is 244 g/mol. The molecular formula is C18H32N2. The molecule has 0 amide bonds. The molecule has 0 aliphatic heterocycles. The fraction of sp³-hybridized carbons (Fsp3) is 0.667. The molecule has 0 radical (unpaired) electrons. The molecule has 1 rings (SSSR count). The molecule has 0 fully saturated rings. The molecule has 0 saturated heterocycles. The number of benzene rings is 1. The van der Waals surface area contributed by atoms with E-state index in [1.54, 1.807) is 0 Å². The highest BCUT2D eigenvalue weighted by Gasteiger charge is 2.12. The SMILES string of the molecule is CCCNC(CCN(CC)CCC)c1ccc(C)cc1. The smallest absolute Gasteiger partial charge is 0.0332 e. The summed E-state index contributed by atoms with van der Waals surface area (Å²) in [7, 11) is 0. The molecule has 20 heavy (non-hydrogen) atoms. The first-order chi connectivity index (χ1) is 9.71. The average molecular weight is 276 g/mol. The Morgan fingerprint density at radius 1 is 1.00 bits per heavy atom. The van der Waals surface area contributed by atoms with Crippen molar-refractivity contribution in [2.45, 2.75) is 53.0 Å². The van der Waals surface area contributed by atoms with Crippen molar-refractivity contribution < 1.29 is 0 Å². The lowest BCUT2D eigenvalue weighted by atomic mass is 10.0. The van der Waals surface area contributed by atoms with Gasteiger partial charge in [-0.1, -0.05) is 50.6 Å². The molecule has 0 bridgehead atoms. The molecule has 0 aliphatic carbocycles. The van der Waals surface area contributed by atoms with Crippen LogP contribution in [0.5, 0.6) is 0 Å². The second kappa shape index (κ2) is 9.95. The lowest BCUT2D eigenvalue weighted by Crippen LogP contribution is -2.30. The van der Waals surface area contributed by atoms with Crippen LogP contribution in [-0.2, 0) is 0 Å². The highest BCUT2D eigenvalue weighted by atomic mass is 15.1. The fourth-order valence-corrected chi connectivity index (χ4v) is 2.56. The first kappa shape index (κ1) is 17.2. The summed E-state index contributed by atoms with van der Waals surface area (Å²) in [5, 5.41) is 3.70. The summed E-state index contributed by atoms with van der Waals surface area (Å²) in [4.78, 5) is 2.55. The maximum Gasteiger partial charge on any atom is 0.0332 e. The van der Waals surface area contributed by atoms with Crippen LogP contribution >= 0.6 is 0 Å². The van der Waals surface area contributed by atoms with Crippen LogP contribution < -0.4 is 5.32 Å². The summed E-state index contributed by atoms with van der Waals surface area (Å²) in [6.45, 7) is 13.5. The third-order valence-electron chi connectivity index (χ3n) is 3.84. The maximum absolute atomic E-state index is 3.70. The van der Waals surface area contributed by atoms with Gasteiger partial charge in [-0.25, -0.2) is 0 Å². The topological polar surface area (TPSA) is 15.3 Å². The molecule has 0 aromatic heterocycles. The van der Waals surface area contributed by atoms with Gasteiger partial charge in [0.1, 0.15) is 0 Å². The van der Waals surface area contributed by atoms with Gasteiger partial charge < -0.3 is 10.2 Å². The third-order valence-corrected chi connectivity index (χ3v) is 3.84. The number of aryl methyl sites for hydroxylation is 1. The molecule has 0 saturated carbocycles. The van der Waals surface area contributed by atoms with Crippen LogP contribution in [0.15, 0.2) is 24.3 Å². The molecule has 0 heterocycles. The second-order valence-corrected chi connectivity index (χ2v) is 5.64. The van der Waals surface area contributed by atoms with Crippen LogP contribution in [0.4, 0.5) is 0 Å². The van der Waals surface area contributed by atoms with Crippen LogP contribution in [0.1, 0.15) is 57.2 Å². The number of nitrogens with zero attached hydrogens (tertiary/aromatic N) is 1. The predicted molar refractivity (Wildman–Crippen MR) is 89.2 cm³/mol. The minimum Gasteiger partial charge on any atom is -0.310 e. The van der Waals surface area contributed by atoms with E-state index in [1.165, 1.54) is 43.5 Å². The second-order valence-electron chi connectivity index (χ2n) is 5.64. The normalized spacial score (nSPS) is 12.8. The standard InChI is InChI=1S/C18H32N2/c1-5-13-19-18(12-15-20(7-3)14-6-2)17-10-8-16(4)9-11-17/h8-11,18-19H,5-7,12-15H2,1-4H3. The molecule has 1 aromatic rings. The quantitative estimate of drug-likeness (QED) is 0.690. The number of hydrogen-bond acceptors (Lipinski definition) is 2. The molecule has 1 N–H and O–H groups in total. The minimum absolute atomic E-state index is 0.487. The zero-order chi connectivity index (χ0) is 14.8. The Morgan fingerprint density at radius 2 is 1.70 bits per heavy atom. The van der Waals surface area contributed by atoms with Gasteiger partial charge in [-0.3, -0.25) is 0 Å². The molecule has 114 valence electrons. The van der Waals surface area contributed by atoms with Crippen molar-refractivity contribution in [3.8, 4) is 0 Å². The van der Waals surface area contributed by atoms with Gasteiger partial charge in [-0.2, -0.15) is 0 Å². The predicted octanol–water partition coefficient (Wildman–Crippen LogP) is 4.16. The summed E-state index contributed by atoms with van der Waals surface area (Å²) in [5.74, 6) is 0. The van der Waals surface area contributed by atoms with Gasteiger partial charge >= 0.3 is 0 Å². The number of nitrogens with one attached hydrogen (secondary N) is 1. The van der Waals surface area contributed by atoms with Crippen molar-refractivity contribution in [1.29, 1.82) is 0 Å². The summed E-state index contributed by atoms with van der Waals surface area (Å²) >= 11 is 0. The zero-order valence-electron chi connectivity index (χ0n) is 13.8. The van der Waals surface area contributed by atoms with Gasteiger partial charge in [0.2, 0.25) is 0 Å². The van der Waals surface area contributed by atoms with Crippen molar-refractivity contribution in [2.75, 3.05) is 26.2 Å². The van der Waals surface area contributed by atoms with Crippen molar-refractivity contribution in [3.05, 3.63) is 35.4 Å². The minimum atomic E-state index is 0.487. The number of hydrogen-bond donors (Lipinski definition) is 1. The van der Waals surface area contributed by atoms with Gasteiger partial charge in [0.15, 0.2) is 0 Å². The van der Waals surface area contributed by atoms with Gasteiger partial charge in [0.05, 0.1) is 0 Å². The maximum atomic E-state index is 3.70. The van der Waals surface area contributed by atoms with E-state index in [0.29, 0.717) is 6.04 Å². The molecule has 0 spiro atoms. The first-order valence-corrected chi connectivity index (χ1v) is 8.23. The molecule has 0 aliphatic rings. The van der Waals surface area contributed by atoms with Crippen LogP contribution in [0.2, 0.25) is 0 Å². The zero-order valence-corrected chi connectivity index (χ0v) is 13.8. The Morgan fingerprint density at radius 3 is 2.25 bits per heavy atom. The average Bonchev–Trinajstić information content (AvgIpc) is 2.47. The van der Waals surface area contributed by atoms with E-state index in [-0.39, 0.29) is 0 Å². The van der Waals surface area contributed by atoms with Crippen LogP contribution in [0.3, 0.4) is 0 Å². The van der Waals surface area contributed by atoms with Crippen molar-refractivity contribution in [2.24, 2.45) is 0 Å². The molecule has 1 aromatic carbocycles. The lowest BCUT2D eigenvalue weighted by molar-refractivity contribution is 0.269. The molecule has 2 heteroatoms. The molecule has 1 unspecified atom stereocenters. The highest BCUT2D eigenvalue weighted by Crippen LogP contribution is 2.18. The monoisotopic (exact) mass is 276 g/mol. The summed E-state index contributed by atoms with van der Waals surface area (Å²) in [5.41, 5.74) is 2.76. The summed E-state index contributed by atoms with van der Waals surface area (Å²) in [6.07, 6.45) is 3.62. The van der Waals surface area contributed by atoms with Crippen LogP contribution in [0.25, 0.3) is 0 Å². The van der Waals surface area contributed by atoms with Crippen molar-refractivity contribution in [1.82, 2.24) is 10.2 Å². The third kappa shape index (κ3) is 6.06. The largest absolute Gasteiger partial charge is 0.310 e. The van der Waals surface area contributed by atoms with E-state index in [0.717, 1.165) is 13.1 Å². The fourth-order valence-electron chi connectivity index (χ4n) is 2.56.